The number of likely N-dealkylation sites (N-methyl/N-ethyl adjacent to an activating group) is 1. The number of nitrogens with zero attached hydrogens (tertiary/aromatic N) is 11. The number of ether oxygens (including phenoxy) is 2. The number of fused-ring (bicyclic) bond motifs is 2. The number of anilines is 4. The summed E-state index contributed by atoms with van der Waals surface area (Å²) in [6.45, 7) is 13.2. The first-order chi connectivity index (χ1) is 33.1. The molecule has 0 amide bonds. The highest BCUT2D eigenvalue weighted by atomic mass is 32.2. The van der Waals surface area contributed by atoms with E-state index < -0.39 is 42.1 Å². The van der Waals surface area contributed by atoms with Crippen LogP contribution in [0.4, 0.5) is 39.0 Å². The van der Waals surface area contributed by atoms with Crippen LogP contribution in [0.15, 0.2) is 102 Å². The van der Waals surface area contributed by atoms with Gasteiger partial charge in [-0.15, -0.1) is 15.3 Å². The normalized spacial score (nSPS) is 15.3. The summed E-state index contributed by atoms with van der Waals surface area (Å²) in [5.41, 5.74) is 3.22. The molecule has 0 aliphatic heterocycles. The van der Waals surface area contributed by atoms with Crippen molar-refractivity contribution in [3.63, 3.8) is 0 Å². The van der Waals surface area contributed by atoms with Crippen LogP contribution >= 0.6 is 34.8 Å². The quantitative estimate of drug-likeness (QED) is 0.0213. The summed E-state index contributed by atoms with van der Waals surface area (Å²) in [5.74, 6) is 1.01. The van der Waals surface area contributed by atoms with Gasteiger partial charge in [0.05, 0.1) is 47.8 Å². The van der Waals surface area contributed by atoms with Crippen LogP contribution in [-0.4, -0.2) is 113 Å². The number of nitrogens with one attached hydrogen (secondary N) is 2. The monoisotopic (exact) mass is 1040 g/mol. The first-order valence-electron chi connectivity index (χ1n) is 21.8. The van der Waals surface area contributed by atoms with E-state index in [2.05, 4.69) is 70.4 Å². The van der Waals surface area contributed by atoms with Crippen molar-refractivity contribution in [2.75, 3.05) is 61.7 Å². The zero-order valence-electron chi connectivity index (χ0n) is 38.7. The van der Waals surface area contributed by atoms with Gasteiger partial charge in [-0.25, -0.2) is 0 Å². The average molecular weight is 1040 g/mol. The number of thioether (sulfide) groups is 1. The third kappa shape index (κ3) is 11.6. The third-order valence-corrected chi connectivity index (χ3v) is 15.1. The number of rotatable bonds is 22. The molecule has 1 aliphatic carbocycles. The van der Waals surface area contributed by atoms with Gasteiger partial charge >= 0.3 is 0 Å². The molecule has 0 fully saturated rings. The predicted molar refractivity (Wildman–Crippen MR) is 271 cm³/mol. The van der Waals surface area contributed by atoms with E-state index in [1.54, 1.807) is 18.2 Å². The first-order valence-corrected chi connectivity index (χ1v) is 27.2. The first kappa shape index (κ1) is 51.0. The topological polar surface area (TPSA) is 272 Å². The van der Waals surface area contributed by atoms with Crippen LogP contribution in [0.2, 0.25) is 0 Å². The summed E-state index contributed by atoms with van der Waals surface area (Å²) in [6, 6.07) is 10.3. The number of unbranched alkanes of at least 4 members (excludes halogenated alkanes) is 1. The number of hydrogen-bond donors (Lipinski definition) is 4. The Labute approximate surface area is 412 Å². The zero-order chi connectivity index (χ0) is 49.5. The van der Waals surface area contributed by atoms with Gasteiger partial charge in [0.2, 0.25) is 11.9 Å². The molecule has 0 bridgehead atoms. The standard InChI is InChI=1S/C43H51N13O8S5/c1-8-13-22-65-43-47-41(44-31-23-25(55(9-2)10-3)14-16-27(31)49-51-39-35-29(53-66-39)18-20-33(63-6)37(35)68(57,58)59)46-42(48-43)45-32-24-26(56(11-4)12-5)15-17-28(32)50-52-40-36-30(54-67-40)19-21-34(64-7)38(36)69(60,61)62/h14-21,23-24,27,31H,8-13,22H2,1-7H3,(H,57,58,59)(H,60,61,62)(H2,44,45,46,47,48). The molecule has 69 heavy (non-hydrogen) atoms. The average Bonchev–Trinajstić information content (AvgIpc) is 3.94. The molecule has 0 spiro atoms. The van der Waals surface area contributed by atoms with Gasteiger partial charge in [-0.2, -0.15) is 45.6 Å². The highest BCUT2D eigenvalue weighted by molar-refractivity contribution is 7.99. The molecule has 3 heterocycles. The van der Waals surface area contributed by atoms with Gasteiger partial charge in [-0.05, 0) is 112 Å². The lowest BCUT2D eigenvalue weighted by Gasteiger charge is -2.29. The highest BCUT2D eigenvalue weighted by Gasteiger charge is 2.28. The van der Waals surface area contributed by atoms with Crippen LogP contribution in [0, 0.1) is 0 Å². The molecule has 3 aromatic heterocycles. The van der Waals surface area contributed by atoms with Gasteiger partial charge < -0.3 is 29.9 Å². The van der Waals surface area contributed by atoms with E-state index in [1.807, 2.05) is 44.2 Å². The third-order valence-electron chi connectivity index (χ3n) is 10.9. The van der Waals surface area contributed by atoms with Crippen LogP contribution in [-0.2, 0) is 20.2 Å². The summed E-state index contributed by atoms with van der Waals surface area (Å²) in [6.07, 6.45) is 7.72. The fourth-order valence-corrected chi connectivity index (χ4v) is 11.7. The maximum Gasteiger partial charge on any atom is 0.299 e. The number of aromatic nitrogens is 5. The molecule has 2 atom stereocenters. The molecule has 0 radical (unpaired) electrons. The Morgan fingerprint density at radius 1 is 0.754 bits per heavy atom. The maximum absolute atomic E-state index is 12.6. The second-order valence-electron chi connectivity index (χ2n) is 15.1. The second-order valence-corrected chi connectivity index (χ2v) is 20.4. The summed E-state index contributed by atoms with van der Waals surface area (Å²) >= 11 is 3.31. The number of hydrogen-bond acceptors (Lipinski definition) is 22. The molecule has 21 nitrogen and oxygen atoms in total. The van der Waals surface area contributed by atoms with Gasteiger partial charge in [0.1, 0.15) is 33.0 Å². The Kier molecular flexibility index (Phi) is 16.4. The lowest BCUT2D eigenvalue weighted by atomic mass is 10.0. The zero-order valence-corrected chi connectivity index (χ0v) is 42.8. The molecule has 0 saturated carbocycles. The summed E-state index contributed by atoms with van der Waals surface area (Å²) in [7, 11) is -6.89. The minimum absolute atomic E-state index is 0.0591. The summed E-state index contributed by atoms with van der Waals surface area (Å²) < 4.78 is 90.1. The summed E-state index contributed by atoms with van der Waals surface area (Å²) in [5, 5.41) is 25.9. The number of allylic oxidation sites excluding steroid dienone is 1. The lowest BCUT2D eigenvalue weighted by Crippen LogP contribution is -2.35. The highest BCUT2D eigenvalue weighted by Crippen LogP contribution is 2.43. The van der Waals surface area contributed by atoms with E-state index >= 15 is 0 Å². The van der Waals surface area contributed by atoms with Crippen LogP contribution in [0.3, 0.4) is 0 Å². The number of benzene rings is 3. The molecule has 366 valence electrons. The van der Waals surface area contributed by atoms with Crippen LogP contribution < -0.4 is 25.0 Å². The largest absolute Gasteiger partial charge is 0.495 e. The summed E-state index contributed by atoms with van der Waals surface area (Å²) in [4.78, 5) is 17.9. The van der Waals surface area contributed by atoms with E-state index in [0.29, 0.717) is 35.1 Å². The molecule has 26 heteroatoms. The molecule has 2 unspecified atom stereocenters. The van der Waals surface area contributed by atoms with E-state index in [9.17, 15) is 25.9 Å². The van der Waals surface area contributed by atoms with Gasteiger partial charge in [-0.3, -0.25) is 9.11 Å². The Hall–Kier alpha value is -5.90. The van der Waals surface area contributed by atoms with E-state index in [-0.39, 0.29) is 49.7 Å². The molecule has 4 N–H and O–H groups in total. The van der Waals surface area contributed by atoms with Gasteiger partial charge in [0.25, 0.3) is 20.2 Å². The van der Waals surface area contributed by atoms with Gasteiger partial charge in [0.15, 0.2) is 15.2 Å². The van der Waals surface area contributed by atoms with Crippen molar-refractivity contribution in [3.8, 4) is 11.5 Å². The molecular weight excluding hydrogens is 987 g/mol. The van der Waals surface area contributed by atoms with Crippen LogP contribution in [0.25, 0.3) is 21.8 Å². The SMILES string of the molecule is CCCCSc1nc(Nc2cc(N(CC)CC)ccc2N=Nc2snc3ccc(OC)c(S(=O)(=O)O)c23)nc(NC2C=C(N(CC)CC)C=CC2N=Nc2snc3ccc(OC)c(S(=O)(=O)O)c23)n1. The number of methoxy groups -OCH3 is 2. The smallest absolute Gasteiger partial charge is 0.299 e. The van der Waals surface area contributed by atoms with Gasteiger partial charge in [0, 0.05) is 43.3 Å². The van der Waals surface area contributed by atoms with Crippen LogP contribution in [0.1, 0.15) is 47.5 Å². The fraction of sp³-hybridized carbons (Fsp3) is 0.372. The van der Waals surface area contributed by atoms with Crippen molar-refractivity contribution < 1.29 is 35.4 Å². The van der Waals surface area contributed by atoms with Crippen molar-refractivity contribution in [2.24, 2.45) is 20.5 Å². The van der Waals surface area contributed by atoms with Crippen molar-refractivity contribution in [3.05, 3.63) is 66.4 Å². The molecular formula is C43H51N13O8S5. The lowest BCUT2D eigenvalue weighted by molar-refractivity contribution is 0.389. The predicted octanol–water partition coefficient (Wildman–Crippen LogP) is 10.2. The van der Waals surface area contributed by atoms with E-state index in [4.69, 9.17) is 24.4 Å². The Balaban J connectivity index is 1.29. The van der Waals surface area contributed by atoms with Gasteiger partial charge in [-0.1, -0.05) is 31.2 Å². The van der Waals surface area contributed by atoms with Crippen LogP contribution in [0.5, 0.6) is 11.5 Å². The number of azo groups is 2. The molecule has 7 rings (SSSR count). The Morgan fingerprint density at radius 3 is 1.91 bits per heavy atom. The van der Waals surface area contributed by atoms with Crippen molar-refractivity contribution in [1.29, 1.82) is 0 Å². The van der Waals surface area contributed by atoms with Crippen molar-refractivity contribution >= 4 is 116 Å². The van der Waals surface area contributed by atoms with E-state index in [0.717, 1.165) is 66.1 Å². The molecule has 1 aliphatic rings. The van der Waals surface area contributed by atoms with E-state index in [1.165, 1.54) is 38.1 Å². The minimum Gasteiger partial charge on any atom is -0.495 e. The maximum atomic E-state index is 12.6. The second kappa shape index (κ2) is 22.2. The molecule has 6 aromatic rings. The Morgan fingerprint density at radius 2 is 1.35 bits per heavy atom. The molecule has 3 aromatic carbocycles. The van der Waals surface area contributed by atoms with Crippen molar-refractivity contribution in [1.82, 2.24) is 28.6 Å². The Bertz CT molecular complexity index is 3170. The minimum atomic E-state index is -4.75. The fourth-order valence-electron chi connectivity index (χ4n) is 7.44. The molecule has 0 saturated heterocycles. The van der Waals surface area contributed by atoms with Crippen molar-refractivity contribution in [2.45, 2.75) is 74.5 Å².